The lowest BCUT2D eigenvalue weighted by molar-refractivity contribution is 0.0948. The Bertz CT molecular complexity index is 421. The van der Waals surface area contributed by atoms with Crippen LogP contribution in [-0.4, -0.2) is 28.9 Å². The van der Waals surface area contributed by atoms with E-state index in [0.29, 0.717) is 12.2 Å². The summed E-state index contributed by atoms with van der Waals surface area (Å²) in [7, 11) is 0. The number of nitrogens with zero attached hydrogens (tertiary/aromatic N) is 2. The molecule has 1 amide bonds. The molecule has 18 heavy (non-hydrogen) atoms. The van der Waals surface area contributed by atoms with Crippen molar-refractivity contribution in [3.05, 3.63) is 54.9 Å². The Morgan fingerprint density at radius 3 is 2.61 bits per heavy atom. The van der Waals surface area contributed by atoms with Gasteiger partial charge in [-0.2, -0.15) is 0 Å². The molecule has 1 heterocycles. The number of hydrazine groups is 1. The minimum Gasteiger partial charge on any atom is -0.290 e. The average Bonchev–Trinajstić information content (AvgIpc) is 2.39. The highest BCUT2D eigenvalue weighted by Crippen LogP contribution is 2.04. The first-order valence-electron chi connectivity index (χ1n) is 5.62. The van der Waals surface area contributed by atoms with Crippen molar-refractivity contribution in [3.63, 3.8) is 0 Å². The van der Waals surface area contributed by atoms with Gasteiger partial charge in [-0.3, -0.25) is 15.1 Å². The first-order valence-corrected chi connectivity index (χ1v) is 5.62. The summed E-state index contributed by atoms with van der Waals surface area (Å²) in [5, 5.41) is 0. The van der Waals surface area contributed by atoms with E-state index in [1.54, 1.807) is 12.1 Å². The largest absolute Gasteiger partial charge is 0.290 e. The number of hydrogen-bond donors (Lipinski definition) is 2. The molecule has 0 saturated carbocycles. The highest BCUT2D eigenvalue weighted by Gasteiger charge is 2.08. The zero-order chi connectivity index (χ0) is 13.4. The maximum atomic E-state index is 11.4. The van der Waals surface area contributed by atoms with Crippen molar-refractivity contribution in [2.24, 2.45) is 5.84 Å². The van der Waals surface area contributed by atoms with E-state index in [9.17, 15) is 4.79 Å². The van der Waals surface area contributed by atoms with Gasteiger partial charge in [0, 0.05) is 19.6 Å². The van der Waals surface area contributed by atoms with E-state index >= 15 is 0 Å². The van der Waals surface area contributed by atoms with Gasteiger partial charge in [0.15, 0.2) is 0 Å². The molecule has 0 spiro atoms. The smallest absolute Gasteiger partial charge is 0.283 e. The van der Waals surface area contributed by atoms with Crippen LogP contribution >= 0.6 is 0 Å². The van der Waals surface area contributed by atoms with Gasteiger partial charge in [-0.25, -0.2) is 10.8 Å². The summed E-state index contributed by atoms with van der Waals surface area (Å²) < 4.78 is 0. The van der Waals surface area contributed by atoms with Crippen LogP contribution in [-0.2, 0) is 6.54 Å². The van der Waals surface area contributed by atoms with Gasteiger partial charge in [0.2, 0.25) is 0 Å². The molecule has 0 atom stereocenters. The lowest BCUT2D eigenvalue weighted by Gasteiger charge is -2.18. The second kappa shape index (κ2) is 7.37. The summed E-state index contributed by atoms with van der Waals surface area (Å²) in [6.45, 7) is 9.52. The Hall–Kier alpha value is -1.98. The van der Waals surface area contributed by atoms with E-state index in [1.807, 2.05) is 18.2 Å². The van der Waals surface area contributed by atoms with E-state index in [1.165, 1.54) is 0 Å². The highest BCUT2D eigenvalue weighted by atomic mass is 16.2. The van der Waals surface area contributed by atoms with Crippen molar-refractivity contribution < 1.29 is 4.79 Å². The molecular weight excluding hydrogens is 228 g/mol. The molecular formula is C13H18N4O. The molecule has 1 aromatic heterocycles. The predicted molar refractivity (Wildman–Crippen MR) is 71.6 cm³/mol. The van der Waals surface area contributed by atoms with E-state index in [0.717, 1.165) is 18.8 Å². The Balaban J connectivity index is 2.79. The maximum absolute atomic E-state index is 11.4. The van der Waals surface area contributed by atoms with Crippen molar-refractivity contribution in [1.82, 2.24) is 15.3 Å². The number of carbonyl (C=O) groups excluding carboxylic acids is 1. The Morgan fingerprint density at radius 2 is 2.06 bits per heavy atom. The van der Waals surface area contributed by atoms with Gasteiger partial charge in [-0.1, -0.05) is 18.2 Å². The van der Waals surface area contributed by atoms with Crippen LogP contribution in [0.15, 0.2) is 43.5 Å². The van der Waals surface area contributed by atoms with Gasteiger partial charge in [-0.05, 0) is 12.1 Å². The van der Waals surface area contributed by atoms with Gasteiger partial charge in [0.1, 0.15) is 5.69 Å². The van der Waals surface area contributed by atoms with Crippen LogP contribution in [0.4, 0.5) is 0 Å². The zero-order valence-corrected chi connectivity index (χ0v) is 10.3. The van der Waals surface area contributed by atoms with Gasteiger partial charge >= 0.3 is 0 Å². The fourth-order valence-electron chi connectivity index (χ4n) is 1.57. The van der Waals surface area contributed by atoms with Crippen molar-refractivity contribution in [2.45, 2.75) is 6.54 Å². The van der Waals surface area contributed by atoms with E-state index in [2.05, 4.69) is 28.5 Å². The number of amides is 1. The first kappa shape index (κ1) is 14.1. The van der Waals surface area contributed by atoms with E-state index in [4.69, 9.17) is 5.84 Å². The minimum absolute atomic E-state index is 0.312. The average molecular weight is 246 g/mol. The Kier molecular flexibility index (Phi) is 5.76. The lowest BCUT2D eigenvalue weighted by Crippen LogP contribution is -2.31. The molecule has 0 aromatic carbocycles. The van der Waals surface area contributed by atoms with Crippen LogP contribution in [0.25, 0.3) is 0 Å². The number of aromatic nitrogens is 1. The quantitative estimate of drug-likeness (QED) is 0.324. The lowest BCUT2D eigenvalue weighted by atomic mass is 10.2. The second-order valence-corrected chi connectivity index (χ2v) is 3.76. The third-order valence-electron chi connectivity index (χ3n) is 2.33. The van der Waals surface area contributed by atoms with Crippen molar-refractivity contribution >= 4 is 5.91 Å². The fourth-order valence-corrected chi connectivity index (χ4v) is 1.57. The standard InChI is InChI=1S/C13H18N4O/c1-3-8-17(9-4-2)10-11-6-5-7-12(15-11)13(18)16-14/h3-7H,1-2,8-10,14H2,(H,16,18). The van der Waals surface area contributed by atoms with Gasteiger partial charge in [-0.15, -0.1) is 13.2 Å². The van der Waals surface area contributed by atoms with Crippen LogP contribution in [0.5, 0.6) is 0 Å². The van der Waals surface area contributed by atoms with Crippen LogP contribution in [0, 0.1) is 0 Å². The van der Waals surface area contributed by atoms with Gasteiger partial charge in [0.05, 0.1) is 5.69 Å². The summed E-state index contributed by atoms with van der Waals surface area (Å²) in [6, 6.07) is 5.27. The number of nitrogens with two attached hydrogens (primary N) is 1. The van der Waals surface area contributed by atoms with Crippen LogP contribution in [0.1, 0.15) is 16.2 Å². The van der Waals surface area contributed by atoms with E-state index < -0.39 is 5.91 Å². The zero-order valence-electron chi connectivity index (χ0n) is 10.3. The summed E-state index contributed by atoms with van der Waals surface area (Å²) in [5.41, 5.74) is 3.18. The number of nitrogens with one attached hydrogen (secondary N) is 1. The second-order valence-electron chi connectivity index (χ2n) is 3.76. The molecule has 96 valence electrons. The highest BCUT2D eigenvalue weighted by molar-refractivity contribution is 5.91. The Labute approximate surface area is 107 Å². The fraction of sp³-hybridized carbons (Fsp3) is 0.231. The molecule has 0 fully saturated rings. The molecule has 0 aliphatic heterocycles. The molecule has 1 rings (SSSR count). The number of hydrogen-bond acceptors (Lipinski definition) is 4. The summed E-state index contributed by atoms with van der Waals surface area (Å²) in [5.74, 6) is 4.68. The third-order valence-corrected chi connectivity index (χ3v) is 2.33. The van der Waals surface area contributed by atoms with Crippen LogP contribution in [0.2, 0.25) is 0 Å². The molecule has 0 bridgehead atoms. The van der Waals surface area contributed by atoms with E-state index in [-0.39, 0.29) is 0 Å². The molecule has 3 N–H and O–H groups in total. The van der Waals surface area contributed by atoms with Crippen LogP contribution in [0.3, 0.4) is 0 Å². The van der Waals surface area contributed by atoms with Crippen molar-refractivity contribution in [1.29, 1.82) is 0 Å². The number of rotatable bonds is 7. The minimum atomic E-state index is -0.393. The molecule has 0 radical (unpaired) electrons. The summed E-state index contributed by atoms with van der Waals surface area (Å²) >= 11 is 0. The topological polar surface area (TPSA) is 71.2 Å². The SMILES string of the molecule is C=CCN(CC=C)Cc1cccc(C(=O)NN)n1. The Morgan fingerprint density at radius 1 is 1.39 bits per heavy atom. The normalized spacial score (nSPS) is 10.1. The summed E-state index contributed by atoms with van der Waals surface area (Å²) in [4.78, 5) is 17.7. The maximum Gasteiger partial charge on any atom is 0.283 e. The number of pyridine rings is 1. The molecule has 0 aliphatic rings. The molecule has 0 aliphatic carbocycles. The van der Waals surface area contributed by atoms with Crippen molar-refractivity contribution in [3.8, 4) is 0 Å². The monoisotopic (exact) mass is 246 g/mol. The van der Waals surface area contributed by atoms with Gasteiger partial charge < -0.3 is 0 Å². The predicted octanol–water partition coefficient (Wildman–Crippen LogP) is 0.859. The molecule has 5 heteroatoms. The van der Waals surface area contributed by atoms with Crippen LogP contribution < -0.4 is 11.3 Å². The molecule has 0 saturated heterocycles. The summed E-state index contributed by atoms with van der Waals surface area (Å²) in [6.07, 6.45) is 3.64. The third kappa shape index (κ3) is 4.12. The molecule has 1 aromatic rings. The first-order chi connectivity index (χ1) is 8.71. The van der Waals surface area contributed by atoms with Crippen molar-refractivity contribution in [2.75, 3.05) is 13.1 Å². The number of carbonyl (C=O) groups is 1. The number of nitrogen functional groups attached to an aromatic ring is 1. The van der Waals surface area contributed by atoms with Gasteiger partial charge in [0.25, 0.3) is 5.91 Å². The molecule has 0 unspecified atom stereocenters. The molecule has 5 nitrogen and oxygen atoms in total.